The fraction of sp³-hybridized carbons (Fsp3) is 0.500. The molecule has 1 aromatic rings. The van der Waals surface area contributed by atoms with E-state index in [1.54, 1.807) is 12.4 Å². The molecule has 0 aromatic carbocycles. The smallest absolute Gasteiger partial charge is 0.0646 e. The van der Waals surface area contributed by atoms with Crippen molar-refractivity contribution < 1.29 is 0 Å². The summed E-state index contributed by atoms with van der Waals surface area (Å²) in [6.07, 6.45) is 5.89. The van der Waals surface area contributed by atoms with Gasteiger partial charge in [-0.3, -0.25) is 9.97 Å². The molecule has 0 saturated heterocycles. The molecule has 0 aliphatic heterocycles. The highest BCUT2D eigenvalue weighted by atomic mass is 14.8. The number of nitrogens with zero attached hydrogens (tertiary/aromatic N) is 2. The first kappa shape index (κ1) is 5.83. The van der Waals surface area contributed by atoms with Gasteiger partial charge in [-0.2, -0.15) is 0 Å². The summed E-state index contributed by atoms with van der Waals surface area (Å²) in [5.41, 5.74) is 2.41. The maximum Gasteiger partial charge on any atom is 0.0646 e. The van der Waals surface area contributed by atoms with Gasteiger partial charge in [0.05, 0.1) is 11.4 Å². The summed E-state index contributed by atoms with van der Waals surface area (Å²) >= 11 is 0. The molecular formula is C8H10N2. The first-order valence-electron chi connectivity index (χ1n) is 3.67. The molecule has 0 amide bonds. The van der Waals surface area contributed by atoms with Crippen molar-refractivity contribution in [3.8, 4) is 0 Å². The van der Waals surface area contributed by atoms with Gasteiger partial charge in [0.15, 0.2) is 0 Å². The Morgan fingerprint density at radius 1 is 1.40 bits per heavy atom. The minimum Gasteiger partial charge on any atom is -0.258 e. The van der Waals surface area contributed by atoms with E-state index in [1.807, 2.05) is 0 Å². The van der Waals surface area contributed by atoms with Gasteiger partial charge in [0, 0.05) is 18.3 Å². The highest BCUT2D eigenvalue weighted by Gasteiger charge is 2.19. The Morgan fingerprint density at radius 2 is 2.20 bits per heavy atom. The monoisotopic (exact) mass is 134 g/mol. The predicted molar refractivity (Wildman–Crippen MR) is 38.8 cm³/mol. The van der Waals surface area contributed by atoms with Crippen LogP contribution in [0.4, 0.5) is 0 Å². The van der Waals surface area contributed by atoms with Crippen LogP contribution in [0.5, 0.6) is 0 Å². The molecule has 0 bridgehead atoms. The molecule has 2 rings (SSSR count). The predicted octanol–water partition coefficient (Wildman–Crippen LogP) is 1.53. The molecule has 10 heavy (non-hydrogen) atoms. The van der Waals surface area contributed by atoms with Gasteiger partial charge >= 0.3 is 0 Å². The number of hydrogen-bond donors (Lipinski definition) is 0. The third-order valence-electron chi connectivity index (χ3n) is 2.09. The molecule has 0 spiro atoms. The summed E-state index contributed by atoms with van der Waals surface area (Å²) in [7, 11) is 0. The summed E-state index contributed by atoms with van der Waals surface area (Å²) in [6.45, 7) is 2.21. The second-order valence-corrected chi connectivity index (χ2v) is 2.83. The van der Waals surface area contributed by atoms with Crippen molar-refractivity contribution in [3.63, 3.8) is 0 Å². The molecule has 1 atom stereocenters. The molecule has 0 radical (unpaired) electrons. The van der Waals surface area contributed by atoms with Gasteiger partial charge in [-0.05, 0) is 12.8 Å². The van der Waals surface area contributed by atoms with Crippen molar-refractivity contribution in [3.05, 3.63) is 23.8 Å². The Morgan fingerprint density at radius 3 is 3.00 bits per heavy atom. The van der Waals surface area contributed by atoms with Crippen LogP contribution in [-0.4, -0.2) is 9.97 Å². The first-order valence-corrected chi connectivity index (χ1v) is 3.67. The molecule has 1 aromatic heterocycles. The minimum atomic E-state index is 0.628. The maximum atomic E-state index is 4.28. The lowest BCUT2D eigenvalue weighted by molar-refractivity contribution is 0.731. The lowest BCUT2D eigenvalue weighted by Gasteiger charge is -1.99. The van der Waals surface area contributed by atoms with Crippen LogP contribution in [0.1, 0.15) is 30.7 Å². The molecule has 2 heteroatoms. The zero-order valence-corrected chi connectivity index (χ0v) is 6.04. The molecule has 52 valence electrons. The molecular weight excluding hydrogens is 124 g/mol. The van der Waals surface area contributed by atoms with Gasteiger partial charge in [0.1, 0.15) is 0 Å². The number of fused-ring (bicyclic) bond motifs is 1. The summed E-state index contributed by atoms with van der Waals surface area (Å²) in [6, 6.07) is 0. The van der Waals surface area contributed by atoms with Crippen molar-refractivity contribution in [1.82, 2.24) is 9.97 Å². The minimum absolute atomic E-state index is 0.628. The van der Waals surface area contributed by atoms with E-state index in [0.29, 0.717) is 5.92 Å². The Bertz CT molecular complexity index is 245. The molecule has 1 aliphatic rings. The van der Waals surface area contributed by atoms with Gasteiger partial charge in [0.25, 0.3) is 0 Å². The van der Waals surface area contributed by atoms with Gasteiger partial charge in [-0.1, -0.05) is 6.92 Å². The standard InChI is InChI=1S/C8H10N2/c1-6-2-3-7-8(6)10-5-4-9-7/h4-6H,2-3H2,1H3/t6-/m1/s1. The normalized spacial score (nSPS) is 22.7. The number of aromatic nitrogens is 2. The van der Waals surface area contributed by atoms with E-state index in [9.17, 15) is 0 Å². The fourth-order valence-corrected chi connectivity index (χ4v) is 1.47. The van der Waals surface area contributed by atoms with E-state index in [0.717, 1.165) is 6.42 Å². The Labute approximate surface area is 60.3 Å². The third-order valence-corrected chi connectivity index (χ3v) is 2.09. The van der Waals surface area contributed by atoms with Crippen LogP contribution >= 0.6 is 0 Å². The van der Waals surface area contributed by atoms with Crippen molar-refractivity contribution in [1.29, 1.82) is 0 Å². The number of hydrogen-bond acceptors (Lipinski definition) is 2. The second kappa shape index (κ2) is 2.04. The van der Waals surface area contributed by atoms with Crippen LogP contribution in [-0.2, 0) is 6.42 Å². The average Bonchev–Trinajstić information content (AvgIpc) is 2.34. The zero-order valence-electron chi connectivity index (χ0n) is 6.04. The van der Waals surface area contributed by atoms with Crippen molar-refractivity contribution >= 4 is 0 Å². The summed E-state index contributed by atoms with van der Waals surface area (Å²) in [4.78, 5) is 8.52. The number of aryl methyl sites for hydroxylation is 1. The van der Waals surface area contributed by atoms with Crippen molar-refractivity contribution in [2.45, 2.75) is 25.7 Å². The Hall–Kier alpha value is -0.920. The highest BCUT2D eigenvalue weighted by molar-refractivity contribution is 5.20. The fourth-order valence-electron chi connectivity index (χ4n) is 1.47. The molecule has 0 N–H and O–H groups in total. The number of rotatable bonds is 0. The average molecular weight is 134 g/mol. The lowest BCUT2D eigenvalue weighted by atomic mass is 10.1. The van der Waals surface area contributed by atoms with Crippen LogP contribution in [0, 0.1) is 0 Å². The van der Waals surface area contributed by atoms with E-state index >= 15 is 0 Å². The Balaban J connectivity index is 2.51. The van der Waals surface area contributed by atoms with Crippen molar-refractivity contribution in [2.75, 3.05) is 0 Å². The van der Waals surface area contributed by atoms with Crippen molar-refractivity contribution in [2.24, 2.45) is 0 Å². The van der Waals surface area contributed by atoms with Gasteiger partial charge < -0.3 is 0 Å². The van der Waals surface area contributed by atoms with Crippen LogP contribution < -0.4 is 0 Å². The zero-order chi connectivity index (χ0) is 6.97. The van der Waals surface area contributed by atoms with E-state index in [4.69, 9.17) is 0 Å². The molecule has 1 heterocycles. The van der Waals surface area contributed by atoms with Crippen LogP contribution in [0.25, 0.3) is 0 Å². The van der Waals surface area contributed by atoms with E-state index in [2.05, 4.69) is 16.9 Å². The second-order valence-electron chi connectivity index (χ2n) is 2.83. The molecule has 2 nitrogen and oxygen atoms in total. The molecule has 0 fully saturated rings. The lowest BCUT2D eigenvalue weighted by Crippen LogP contribution is -1.92. The Kier molecular flexibility index (Phi) is 1.19. The summed E-state index contributed by atoms with van der Waals surface area (Å²) in [5, 5.41) is 0. The largest absolute Gasteiger partial charge is 0.258 e. The van der Waals surface area contributed by atoms with Crippen LogP contribution in [0.2, 0.25) is 0 Å². The van der Waals surface area contributed by atoms with Crippen LogP contribution in [0.3, 0.4) is 0 Å². The quantitative estimate of drug-likeness (QED) is 0.537. The molecule has 0 saturated carbocycles. The first-order chi connectivity index (χ1) is 4.88. The summed E-state index contributed by atoms with van der Waals surface area (Å²) in [5.74, 6) is 0.628. The SMILES string of the molecule is C[C@@H]1CCc2nccnc21. The molecule has 1 aliphatic carbocycles. The van der Waals surface area contributed by atoms with Crippen LogP contribution in [0.15, 0.2) is 12.4 Å². The van der Waals surface area contributed by atoms with Gasteiger partial charge in [-0.15, -0.1) is 0 Å². The molecule has 0 unspecified atom stereocenters. The van der Waals surface area contributed by atoms with Gasteiger partial charge in [0.2, 0.25) is 0 Å². The van der Waals surface area contributed by atoms with E-state index in [1.165, 1.54) is 17.8 Å². The summed E-state index contributed by atoms with van der Waals surface area (Å²) < 4.78 is 0. The van der Waals surface area contributed by atoms with E-state index < -0.39 is 0 Å². The van der Waals surface area contributed by atoms with Gasteiger partial charge in [-0.25, -0.2) is 0 Å². The van der Waals surface area contributed by atoms with E-state index in [-0.39, 0.29) is 0 Å². The maximum absolute atomic E-state index is 4.28. The third kappa shape index (κ3) is 0.719. The topological polar surface area (TPSA) is 25.8 Å². The highest BCUT2D eigenvalue weighted by Crippen LogP contribution is 2.28.